The third-order valence-electron chi connectivity index (χ3n) is 2.20. The molecule has 2 rings (SSSR count). The Kier molecular flexibility index (Phi) is 2.25. The molecule has 0 spiro atoms. The van der Waals surface area contributed by atoms with Gasteiger partial charge < -0.3 is 5.11 Å². The lowest BCUT2D eigenvalue weighted by Crippen LogP contribution is -1.99. The zero-order chi connectivity index (χ0) is 10.8. The highest BCUT2D eigenvalue weighted by Gasteiger charge is 2.07. The van der Waals surface area contributed by atoms with Crippen LogP contribution in [0.5, 0.6) is 5.75 Å². The summed E-state index contributed by atoms with van der Waals surface area (Å²) in [7, 11) is 0. The molecular weight excluding hydrogens is 192 g/mol. The summed E-state index contributed by atoms with van der Waals surface area (Å²) in [5.74, 6) is 0.104. The van der Waals surface area contributed by atoms with Gasteiger partial charge in [0.2, 0.25) is 0 Å². The van der Waals surface area contributed by atoms with Crippen LogP contribution in [0, 0.1) is 6.92 Å². The van der Waals surface area contributed by atoms with Gasteiger partial charge in [-0.25, -0.2) is 4.68 Å². The highest BCUT2D eigenvalue weighted by Crippen LogP contribution is 2.22. The van der Waals surface area contributed by atoms with Gasteiger partial charge in [0.1, 0.15) is 17.7 Å². The van der Waals surface area contributed by atoms with E-state index in [2.05, 4.69) is 5.10 Å². The standard InChI is InChI=1S/C11H10N2O2/c1-8-4-5-12-13(8)10-6-9(7-14)2-3-11(10)15/h2-7,15H,1H3. The molecule has 0 atom stereocenters. The molecule has 0 aliphatic rings. The lowest BCUT2D eigenvalue weighted by molar-refractivity contribution is 0.112. The van der Waals surface area contributed by atoms with E-state index in [1.807, 2.05) is 13.0 Å². The maximum Gasteiger partial charge on any atom is 0.150 e. The molecule has 1 aromatic heterocycles. The molecule has 1 N–H and O–H groups in total. The third-order valence-corrected chi connectivity index (χ3v) is 2.20. The number of rotatable bonds is 2. The number of hydrogen-bond donors (Lipinski definition) is 1. The Bertz CT molecular complexity index is 503. The molecule has 0 aliphatic heterocycles. The largest absolute Gasteiger partial charge is 0.506 e. The topological polar surface area (TPSA) is 55.1 Å². The van der Waals surface area contributed by atoms with Gasteiger partial charge in [-0.15, -0.1) is 0 Å². The fraction of sp³-hybridized carbons (Fsp3) is 0.0909. The molecule has 0 aliphatic carbocycles. The number of hydrogen-bond acceptors (Lipinski definition) is 3. The Hall–Kier alpha value is -2.10. The smallest absolute Gasteiger partial charge is 0.150 e. The molecule has 0 fully saturated rings. The second-order valence-corrected chi connectivity index (χ2v) is 3.25. The summed E-state index contributed by atoms with van der Waals surface area (Å²) in [6.07, 6.45) is 2.38. The highest BCUT2D eigenvalue weighted by molar-refractivity contribution is 5.77. The van der Waals surface area contributed by atoms with Crippen LogP contribution in [0.1, 0.15) is 16.1 Å². The van der Waals surface area contributed by atoms with E-state index in [4.69, 9.17) is 0 Å². The second-order valence-electron chi connectivity index (χ2n) is 3.25. The van der Waals surface area contributed by atoms with Gasteiger partial charge in [-0.05, 0) is 31.2 Å². The Morgan fingerprint density at radius 2 is 2.20 bits per heavy atom. The average Bonchev–Trinajstić information content (AvgIpc) is 2.65. The SMILES string of the molecule is Cc1ccnn1-c1cc(C=O)ccc1O. The average molecular weight is 202 g/mol. The summed E-state index contributed by atoms with van der Waals surface area (Å²) in [6, 6.07) is 6.47. The van der Waals surface area contributed by atoms with Gasteiger partial charge >= 0.3 is 0 Å². The van der Waals surface area contributed by atoms with Crippen molar-refractivity contribution >= 4 is 6.29 Å². The van der Waals surface area contributed by atoms with Crippen LogP contribution < -0.4 is 0 Å². The quantitative estimate of drug-likeness (QED) is 0.754. The van der Waals surface area contributed by atoms with Gasteiger partial charge in [0.25, 0.3) is 0 Å². The first-order valence-electron chi connectivity index (χ1n) is 4.51. The highest BCUT2D eigenvalue weighted by atomic mass is 16.3. The van der Waals surface area contributed by atoms with Crippen LogP contribution in [0.4, 0.5) is 0 Å². The van der Waals surface area contributed by atoms with E-state index < -0.39 is 0 Å². The fourth-order valence-electron chi connectivity index (χ4n) is 1.41. The van der Waals surface area contributed by atoms with E-state index in [0.29, 0.717) is 11.3 Å². The van der Waals surface area contributed by atoms with Crippen LogP contribution in [-0.2, 0) is 0 Å². The number of phenols is 1. The van der Waals surface area contributed by atoms with Crippen molar-refractivity contribution in [3.05, 3.63) is 41.7 Å². The van der Waals surface area contributed by atoms with Gasteiger partial charge in [-0.2, -0.15) is 5.10 Å². The molecule has 0 bridgehead atoms. The fourth-order valence-corrected chi connectivity index (χ4v) is 1.41. The lowest BCUT2D eigenvalue weighted by Gasteiger charge is -2.07. The van der Waals surface area contributed by atoms with Crippen molar-refractivity contribution in [3.63, 3.8) is 0 Å². The number of phenolic OH excluding ortho intramolecular Hbond substituents is 1. The number of nitrogens with zero attached hydrogens (tertiary/aromatic N) is 2. The van der Waals surface area contributed by atoms with Crippen molar-refractivity contribution in [2.24, 2.45) is 0 Å². The third kappa shape index (κ3) is 1.61. The van der Waals surface area contributed by atoms with Gasteiger partial charge in [-0.3, -0.25) is 4.79 Å². The first kappa shape index (κ1) is 9.45. The molecule has 2 aromatic rings. The minimum Gasteiger partial charge on any atom is -0.506 e. The van der Waals surface area contributed by atoms with Gasteiger partial charge in [-0.1, -0.05) is 0 Å². The first-order chi connectivity index (χ1) is 7.22. The number of aldehydes is 1. The van der Waals surface area contributed by atoms with Gasteiger partial charge in [0.05, 0.1) is 0 Å². The Morgan fingerprint density at radius 1 is 1.40 bits per heavy atom. The minimum atomic E-state index is 0.104. The van der Waals surface area contributed by atoms with E-state index in [1.165, 1.54) is 6.07 Å². The normalized spacial score (nSPS) is 10.2. The molecular formula is C11H10N2O2. The second kappa shape index (κ2) is 3.57. The van der Waals surface area contributed by atoms with Crippen LogP contribution in [-0.4, -0.2) is 21.2 Å². The van der Waals surface area contributed by atoms with Crippen LogP contribution in [0.15, 0.2) is 30.5 Å². The monoisotopic (exact) mass is 202 g/mol. The summed E-state index contributed by atoms with van der Waals surface area (Å²) >= 11 is 0. The summed E-state index contributed by atoms with van der Waals surface area (Å²) in [6.45, 7) is 1.88. The van der Waals surface area contributed by atoms with Crippen LogP contribution in [0.2, 0.25) is 0 Å². The van der Waals surface area contributed by atoms with E-state index in [-0.39, 0.29) is 5.75 Å². The van der Waals surface area contributed by atoms with Crippen LogP contribution in [0.25, 0.3) is 5.69 Å². The Balaban J connectivity index is 2.61. The number of carbonyl (C=O) groups is 1. The molecule has 0 amide bonds. The van der Waals surface area contributed by atoms with E-state index in [9.17, 15) is 9.90 Å². The predicted octanol–water partition coefficient (Wildman–Crippen LogP) is 1.70. The van der Waals surface area contributed by atoms with Crippen LogP contribution >= 0.6 is 0 Å². The molecule has 4 nitrogen and oxygen atoms in total. The molecule has 1 aromatic carbocycles. The molecule has 0 saturated heterocycles. The maximum absolute atomic E-state index is 10.6. The molecule has 76 valence electrons. The number of aromatic nitrogens is 2. The maximum atomic E-state index is 10.6. The zero-order valence-electron chi connectivity index (χ0n) is 8.21. The predicted molar refractivity (Wildman–Crippen MR) is 55.4 cm³/mol. The van der Waals surface area contributed by atoms with Crippen molar-refractivity contribution in [3.8, 4) is 11.4 Å². The molecule has 0 unspecified atom stereocenters. The number of aromatic hydroxyl groups is 1. The van der Waals surface area contributed by atoms with Gasteiger partial charge in [0.15, 0.2) is 0 Å². The first-order valence-corrected chi connectivity index (χ1v) is 4.51. The summed E-state index contributed by atoms with van der Waals surface area (Å²) in [5, 5.41) is 13.7. The molecule has 0 saturated carbocycles. The van der Waals surface area contributed by atoms with Crippen molar-refractivity contribution in [1.29, 1.82) is 0 Å². The van der Waals surface area contributed by atoms with Crippen LogP contribution in [0.3, 0.4) is 0 Å². The molecule has 4 heteroatoms. The van der Waals surface area contributed by atoms with Gasteiger partial charge in [0, 0.05) is 17.5 Å². The zero-order valence-corrected chi connectivity index (χ0v) is 8.21. The number of carbonyl (C=O) groups excluding carboxylic acids is 1. The van der Waals surface area contributed by atoms with Crippen molar-refractivity contribution < 1.29 is 9.90 Å². The summed E-state index contributed by atoms with van der Waals surface area (Å²) in [4.78, 5) is 10.6. The summed E-state index contributed by atoms with van der Waals surface area (Å²) < 4.78 is 1.59. The van der Waals surface area contributed by atoms with Crippen molar-refractivity contribution in [2.45, 2.75) is 6.92 Å². The summed E-state index contributed by atoms with van der Waals surface area (Å²) in [5.41, 5.74) is 1.92. The minimum absolute atomic E-state index is 0.104. The number of benzene rings is 1. The Morgan fingerprint density at radius 3 is 2.80 bits per heavy atom. The van der Waals surface area contributed by atoms with E-state index in [1.54, 1.807) is 23.0 Å². The van der Waals surface area contributed by atoms with Crippen molar-refractivity contribution in [1.82, 2.24) is 9.78 Å². The van der Waals surface area contributed by atoms with E-state index >= 15 is 0 Å². The van der Waals surface area contributed by atoms with E-state index in [0.717, 1.165) is 12.0 Å². The van der Waals surface area contributed by atoms with Crippen molar-refractivity contribution in [2.75, 3.05) is 0 Å². The molecule has 15 heavy (non-hydrogen) atoms. The molecule has 1 heterocycles. The molecule has 0 radical (unpaired) electrons. The Labute approximate surface area is 86.8 Å². The lowest BCUT2D eigenvalue weighted by atomic mass is 10.2. The number of aryl methyl sites for hydroxylation is 1.